The van der Waals surface area contributed by atoms with Gasteiger partial charge < -0.3 is 9.13 Å². The van der Waals surface area contributed by atoms with Crippen LogP contribution in [0.2, 0.25) is 5.02 Å². The Morgan fingerprint density at radius 3 is 1.53 bits per heavy atom. The van der Waals surface area contributed by atoms with Gasteiger partial charge in [0.1, 0.15) is 11.6 Å². The van der Waals surface area contributed by atoms with E-state index in [-0.39, 0.29) is 5.52 Å². The Balaban J connectivity index is 0.000000117. The fourth-order valence-corrected chi connectivity index (χ4v) is 11.8. The molecule has 0 fully saturated rings. The maximum Gasteiger partial charge on any atom is 0.418 e. The van der Waals surface area contributed by atoms with Gasteiger partial charge in [-0.3, -0.25) is 9.98 Å². The molecule has 9 heterocycles. The number of aliphatic imine (C=N–C) groups is 1. The van der Waals surface area contributed by atoms with Gasteiger partial charge in [-0.1, -0.05) is 109 Å². The van der Waals surface area contributed by atoms with Gasteiger partial charge in [0.25, 0.3) is 0 Å². The van der Waals surface area contributed by atoms with Crippen LogP contribution in [-0.2, 0) is 58.8 Å². The van der Waals surface area contributed by atoms with Crippen molar-refractivity contribution < 1.29 is 13.2 Å². The molecule has 0 atom stereocenters. The zero-order valence-electron chi connectivity index (χ0n) is 46.8. The van der Waals surface area contributed by atoms with Crippen LogP contribution < -0.4 is 0 Å². The summed E-state index contributed by atoms with van der Waals surface area (Å²) in [5.41, 5.74) is 16.0. The summed E-state index contributed by atoms with van der Waals surface area (Å²) < 4.78 is 49.6. The number of rotatable bonds is 9. The minimum absolute atomic E-state index is 0.0912. The summed E-state index contributed by atoms with van der Waals surface area (Å²) in [6, 6.07) is 50.1. The molecule has 6 aromatic carbocycles. The van der Waals surface area contributed by atoms with E-state index in [9.17, 15) is 13.2 Å². The second-order valence-electron chi connectivity index (χ2n) is 21.6. The lowest BCUT2D eigenvalue weighted by Crippen LogP contribution is -2.08. The van der Waals surface area contributed by atoms with E-state index in [2.05, 4.69) is 131 Å². The van der Waals surface area contributed by atoms with Crippen LogP contribution in [0.15, 0.2) is 163 Å². The number of hydrogen-bond donors (Lipinski definition) is 0. The molecule has 0 amide bonds. The van der Waals surface area contributed by atoms with Crippen LogP contribution in [0.4, 0.5) is 18.9 Å². The number of halogens is 4. The fourth-order valence-electron chi connectivity index (χ4n) is 11.6. The number of aromatic nitrogens is 11. The van der Waals surface area contributed by atoms with Crippen molar-refractivity contribution in [3.63, 3.8) is 0 Å². The maximum atomic E-state index is 13.4. The SMILES string of the molecule is Cc1ccc(C(F)(F)F)c2cc(CCc3nc4c5ccccc5ccc4n3C)nn12.Cc1ccc(Cl)c2cc(CCc3nc4c5ccccc5ccc4n3C)nn12.Cc1ncc(C)n2nc(CCC3=Nc4c(ccc5ccccc45)C3)cc12. The van der Waals surface area contributed by atoms with Crippen molar-refractivity contribution in [1.29, 1.82) is 0 Å². The Hall–Kier alpha value is -9.21. The zero-order chi connectivity index (χ0) is 57.3. The predicted octanol–water partition coefficient (Wildman–Crippen LogP) is 15.4. The van der Waals surface area contributed by atoms with Crippen LogP contribution in [0.25, 0.3) is 70.9 Å². The van der Waals surface area contributed by atoms with E-state index in [1.54, 1.807) is 6.92 Å². The quantitative estimate of drug-likeness (QED) is 0.142. The second-order valence-corrected chi connectivity index (χ2v) is 22.0. The largest absolute Gasteiger partial charge is 0.418 e. The van der Waals surface area contributed by atoms with Crippen molar-refractivity contribution in [3.05, 3.63) is 226 Å². The number of imidazole rings is 2. The number of fused-ring (bicyclic) bond motifs is 12. The van der Waals surface area contributed by atoms with Gasteiger partial charge in [0, 0.05) is 72.8 Å². The molecule has 83 heavy (non-hydrogen) atoms. The highest BCUT2D eigenvalue weighted by molar-refractivity contribution is 6.33. The number of alkyl halides is 3. The molecular weight excluding hydrogens is 1070 g/mol. The van der Waals surface area contributed by atoms with Gasteiger partial charge in [-0.2, -0.15) is 28.5 Å². The summed E-state index contributed by atoms with van der Waals surface area (Å²) in [4.78, 5) is 19.2. The van der Waals surface area contributed by atoms with Gasteiger partial charge in [0.15, 0.2) is 0 Å². The molecule has 1 aliphatic heterocycles. The van der Waals surface area contributed by atoms with Crippen LogP contribution in [0.3, 0.4) is 0 Å². The van der Waals surface area contributed by atoms with E-state index in [0.29, 0.717) is 24.2 Å². The third kappa shape index (κ3) is 10.0. The van der Waals surface area contributed by atoms with Gasteiger partial charge in [-0.05, 0) is 130 Å². The number of pyridine rings is 2. The van der Waals surface area contributed by atoms with Gasteiger partial charge in [0.2, 0.25) is 0 Å². The highest BCUT2D eigenvalue weighted by atomic mass is 35.5. The molecule has 0 N–H and O–H groups in total. The average molecular weight is 1120 g/mol. The Morgan fingerprint density at radius 2 is 0.964 bits per heavy atom. The van der Waals surface area contributed by atoms with Crippen LogP contribution in [0.1, 0.15) is 69.1 Å². The van der Waals surface area contributed by atoms with Crippen LogP contribution in [0.5, 0.6) is 0 Å². The van der Waals surface area contributed by atoms with Crippen molar-refractivity contribution in [2.45, 2.75) is 78.8 Å². The lowest BCUT2D eigenvalue weighted by atomic mass is 10.0. The van der Waals surface area contributed by atoms with Crippen LogP contribution in [0, 0.1) is 27.7 Å². The second kappa shape index (κ2) is 21.3. The molecule has 16 heteroatoms. The highest BCUT2D eigenvalue weighted by Crippen LogP contribution is 2.37. The van der Waals surface area contributed by atoms with E-state index >= 15 is 0 Å². The first-order valence-corrected chi connectivity index (χ1v) is 28.2. The summed E-state index contributed by atoms with van der Waals surface area (Å²) in [5, 5.41) is 21.8. The summed E-state index contributed by atoms with van der Waals surface area (Å²) in [5.74, 6) is 1.95. The average Bonchev–Trinajstić information content (AvgIpc) is 4.58. The number of nitrogens with zero attached hydrogens (tertiary/aromatic N) is 12. The molecule has 414 valence electrons. The zero-order valence-corrected chi connectivity index (χ0v) is 47.6. The van der Waals surface area contributed by atoms with Crippen LogP contribution in [-0.4, -0.2) is 58.6 Å². The third-order valence-corrected chi connectivity index (χ3v) is 16.5. The molecule has 0 unspecified atom stereocenters. The maximum absolute atomic E-state index is 13.4. The molecule has 14 aromatic rings. The normalized spacial score (nSPS) is 12.5. The van der Waals surface area contributed by atoms with Crippen molar-refractivity contribution >= 4 is 93.9 Å². The van der Waals surface area contributed by atoms with E-state index in [1.807, 2.05) is 71.9 Å². The molecule has 8 aromatic heterocycles. The minimum atomic E-state index is -4.41. The molecular formula is C67H58ClF3N12. The molecule has 1 aliphatic rings. The summed E-state index contributed by atoms with van der Waals surface area (Å²) in [6.45, 7) is 7.86. The monoisotopic (exact) mass is 1120 g/mol. The summed E-state index contributed by atoms with van der Waals surface area (Å²) in [7, 11) is 4.05. The number of aryl methyl sites for hydroxylation is 11. The minimum Gasteiger partial charge on any atom is -0.331 e. The van der Waals surface area contributed by atoms with Crippen molar-refractivity contribution in [2.75, 3.05) is 0 Å². The first kappa shape index (κ1) is 53.1. The van der Waals surface area contributed by atoms with E-state index in [0.717, 1.165) is 133 Å². The summed E-state index contributed by atoms with van der Waals surface area (Å²) >= 11 is 6.32. The molecule has 12 nitrogen and oxygen atoms in total. The molecule has 0 saturated carbocycles. The molecule has 0 radical (unpaired) electrons. The summed E-state index contributed by atoms with van der Waals surface area (Å²) in [6.07, 6.45) is 3.02. The van der Waals surface area contributed by atoms with E-state index < -0.39 is 11.7 Å². The van der Waals surface area contributed by atoms with Crippen LogP contribution >= 0.6 is 11.6 Å². The predicted molar refractivity (Wildman–Crippen MR) is 327 cm³/mol. The molecule has 15 rings (SSSR count). The van der Waals surface area contributed by atoms with Gasteiger partial charge in [-0.25, -0.2) is 23.5 Å². The lowest BCUT2D eigenvalue weighted by Gasteiger charge is -2.09. The van der Waals surface area contributed by atoms with Crippen molar-refractivity contribution in [3.8, 4) is 0 Å². The standard InChI is InChI=1S/C23H19F3N4.C22H19ClN4.C22H20N4/c1-14-7-10-18(23(24,25)26)20-13-16(28-30(14)20)9-12-21-27-22-17-6-4-3-5-15(17)8-11-19(22)29(21)2;1-14-7-10-18(23)20-13-16(25-27(14)20)9-12-21-24-22-17-6-4-3-5-15(17)8-11-19(22)26(21)2;1-14-13-23-15(2)21-12-19(25-26(14)21)10-9-18-11-17-8-7-16-5-3-4-6-20(16)22(17)24-18/h3-8,10-11,13H,9,12H2,1-2H3;3-8,10-11,13H,9,12H2,1-2H3;3-8,12-13H,9-11H2,1-2H3. The van der Waals surface area contributed by atoms with E-state index in [4.69, 9.17) is 36.8 Å². The number of benzene rings is 6. The molecule has 0 spiro atoms. The first-order valence-electron chi connectivity index (χ1n) is 27.9. The van der Waals surface area contributed by atoms with Crippen molar-refractivity contribution in [2.24, 2.45) is 19.1 Å². The fraction of sp³-hybridized carbons (Fsp3) is 0.209. The van der Waals surface area contributed by atoms with Gasteiger partial charge in [-0.15, -0.1) is 0 Å². The highest BCUT2D eigenvalue weighted by Gasteiger charge is 2.34. The molecule has 0 saturated heterocycles. The Bertz CT molecular complexity index is 4800. The van der Waals surface area contributed by atoms with E-state index in [1.165, 1.54) is 49.5 Å². The Morgan fingerprint density at radius 1 is 0.482 bits per heavy atom. The topological polar surface area (TPSA) is 113 Å². The van der Waals surface area contributed by atoms with Gasteiger partial charge >= 0.3 is 6.18 Å². The Kier molecular flexibility index (Phi) is 13.6. The molecule has 0 aliphatic carbocycles. The Labute approximate surface area is 481 Å². The lowest BCUT2D eigenvalue weighted by molar-refractivity contribution is -0.136. The smallest absolute Gasteiger partial charge is 0.331 e. The van der Waals surface area contributed by atoms with Gasteiger partial charge in [0.05, 0.1) is 83.4 Å². The first-order chi connectivity index (χ1) is 40.1. The third-order valence-electron chi connectivity index (χ3n) is 16.2. The molecule has 0 bridgehead atoms. The number of hydrogen-bond acceptors (Lipinski definition) is 7. The van der Waals surface area contributed by atoms with Crippen molar-refractivity contribution in [1.82, 2.24) is 52.9 Å².